The van der Waals surface area contributed by atoms with Crippen LogP contribution in [0.25, 0.3) is 11.8 Å². The SMILES string of the molecule is CC1SC2(CCC3=Cc4c(cnn4-c4ccc(F)cc4)C[C@@]32C)SC1C. The molecule has 1 aromatic heterocycles. The molecule has 2 aliphatic carbocycles. The van der Waals surface area contributed by atoms with Gasteiger partial charge in [-0.2, -0.15) is 5.10 Å². The number of halogens is 1. The zero-order chi connectivity index (χ0) is 18.1. The number of allylic oxidation sites excluding steroid dienone is 1. The molecule has 3 aliphatic rings. The summed E-state index contributed by atoms with van der Waals surface area (Å²) in [7, 11) is 0. The molecule has 0 bridgehead atoms. The summed E-state index contributed by atoms with van der Waals surface area (Å²) < 4.78 is 15.5. The number of benzene rings is 1. The van der Waals surface area contributed by atoms with Gasteiger partial charge in [0.25, 0.3) is 0 Å². The topological polar surface area (TPSA) is 17.8 Å². The maximum absolute atomic E-state index is 13.3. The Morgan fingerprint density at radius 1 is 1.15 bits per heavy atom. The number of hydrogen-bond acceptors (Lipinski definition) is 3. The van der Waals surface area contributed by atoms with Crippen LogP contribution >= 0.6 is 23.5 Å². The van der Waals surface area contributed by atoms with E-state index in [0.717, 1.165) is 12.1 Å². The molecule has 0 radical (unpaired) electrons. The standard InChI is InChI=1S/C21H23FN2S2/c1-13-14(2)26-21(25-13)9-8-16-10-19-15(11-20(16,21)3)12-23-24(19)18-6-4-17(22)5-7-18/h4-7,10,12-14H,8-9,11H2,1-3H3/t13?,14?,20-,21?/m0/s1. The zero-order valence-corrected chi connectivity index (χ0v) is 17.0. The fourth-order valence-electron chi connectivity index (χ4n) is 4.79. The summed E-state index contributed by atoms with van der Waals surface area (Å²) in [5.41, 5.74) is 5.18. The van der Waals surface area contributed by atoms with Crippen LogP contribution in [0.2, 0.25) is 0 Å². The van der Waals surface area contributed by atoms with E-state index in [2.05, 4.69) is 55.5 Å². The fourth-order valence-corrected chi connectivity index (χ4v) is 9.21. The van der Waals surface area contributed by atoms with Crippen molar-refractivity contribution in [3.63, 3.8) is 0 Å². The predicted octanol–water partition coefficient (Wildman–Crippen LogP) is 5.70. The third-order valence-electron chi connectivity index (χ3n) is 6.50. The van der Waals surface area contributed by atoms with Crippen molar-refractivity contribution in [1.29, 1.82) is 0 Å². The van der Waals surface area contributed by atoms with Crippen LogP contribution in [0.1, 0.15) is 44.9 Å². The van der Waals surface area contributed by atoms with Crippen molar-refractivity contribution in [2.24, 2.45) is 5.41 Å². The quantitative estimate of drug-likeness (QED) is 0.626. The summed E-state index contributed by atoms with van der Waals surface area (Å²) in [6.07, 6.45) is 7.87. The Morgan fingerprint density at radius 2 is 1.85 bits per heavy atom. The van der Waals surface area contributed by atoms with Gasteiger partial charge in [0.2, 0.25) is 0 Å². The number of hydrogen-bond donors (Lipinski definition) is 0. The first-order valence-corrected chi connectivity index (χ1v) is 11.1. The Hall–Kier alpha value is -1.20. The van der Waals surface area contributed by atoms with Crippen molar-refractivity contribution in [2.45, 2.75) is 54.6 Å². The van der Waals surface area contributed by atoms with E-state index in [1.54, 1.807) is 17.7 Å². The Kier molecular flexibility index (Phi) is 3.68. The van der Waals surface area contributed by atoms with Gasteiger partial charge in [0.1, 0.15) is 5.82 Å². The van der Waals surface area contributed by atoms with Gasteiger partial charge in [0.15, 0.2) is 0 Å². The molecule has 2 fully saturated rings. The maximum atomic E-state index is 13.3. The Bertz CT molecular complexity index is 891. The smallest absolute Gasteiger partial charge is 0.123 e. The van der Waals surface area contributed by atoms with E-state index in [4.69, 9.17) is 0 Å². The molecule has 0 N–H and O–H groups in total. The molecule has 1 saturated carbocycles. The molecule has 3 atom stereocenters. The largest absolute Gasteiger partial charge is 0.233 e. The van der Waals surface area contributed by atoms with Crippen molar-refractivity contribution in [3.8, 4) is 5.69 Å². The minimum absolute atomic E-state index is 0.199. The first kappa shape index (κ1) is 16.9. The van der Waals surface area contributed by atoms with Crippen molar-refractivity contribution in [3.05, 3.63) is 53.1 Å². The van der Waals surface area contributed by atoms with Crippen LogP contribution in [-0.2, 0) is 6.42 Å². The number of fused-ring (bicyclic) bond motifs is 3. The summed E-state index contributed by atoms with van der Waals surface area (Å²) >= 11 is 4.40. The van der Waals surface area contributed by atoms with E-state index in [1.165, 1.54) is 36.2 Å². The lowest BCUT2D eigenvalue weighted by atomic mass is 9.74. The van der Waals surface area contributed by atoms with E-state index >= 15 is 0 Å². The van der Waals surface area contributed by atoms with Gasteiger partial charge >= 0.3 is 0 Å². The second kappa shape index (κ2) is 5.65. The molecular weight excluding hydrogens is 363 g/mol. The van der Waals surface area contributed by atoms with Gasteiger partial charge in [0.05, 0.1) is 21.7 Å². The molecule has 2 aromatic rings. The van der Waals surface area contributed by atoms with Gasteiger partial charge < -0.3 is 0 Å². The van der Waals surface area contributed by atoms with Crippen LogP contribution in [0.4, 0.5) is 4.39 Å². The highest BCUT2D eigenvalue weighted by Gasteiger charge is 2.60. The van der Waals surface area contributed by atoms with Crippen LogP contribution in [0.3, 0.4) is 0 Å². The lowest BCUT2D eigenvalue weighted by Crippen LogP contribution is -2.38. The summed E-state index contributed by atoms with van der Waals surface area (Å²) in [5, 5.41) is 6.05. The molecule has 0 amide bonds. The van der Waals surface area contributed by atoms with Gasteiger partial charge in [-0.05, 0) is 55.2 Å². The second-order valence-corrected chi connectivity index (χ2v) is 11.6. The maximum Gasteiger partial charge on any atom is 0.123 e. The Balaban J connectivity index is 1.57. The van der Waals surface area contributed by atoms with Crippen LogP contribution in [0.15, 0.2) is 36.0 Å². The second-order valence-electron chi connectivity index (χ2n) is 8.02. The van der Waals surface area contributed by atoms with Crippen molar-refractivity contribution >= 4 is 29.6 Å². The molecule has 2 unspecified atom stereocenters. The molecule has 1 aliphatic heterocycles. The van der Waals surface area contributed by atoms with Crippen LogP contribution in [0.5, 0.6) is 0 Å². The highest BCUT2D eigenvalue weighted by Crippen LogP contribution is 2.70. The number of thioether (sulfide) groups is 2. The molecule has 5 heteroatoms. The summed E-state index contributed by atoms with van der Waals surface area (Å²) in [4.78, 5) is 0. The van der Waals surface area contributed by atoms with Gasteiger partial charge in [-0.25, -0.2) is 9.07 Å². The first-order valence-electron chi connectivity index (χ1n) is 9.31. The molecule has 136 valence electrons. The average Bonchev–Trinajstić information content (AvgIpc) is 3.22. The van der Waals surface area contributed by atoms with E-state index in [-0.39, 0.29) is 11.2 Å². The van der Waals surface area contributed by atoms with Crippen molar-refractivity contribution in [2.75, 3.05) is 0 Å². The van der Waals surface area contributed by atoms with Gasteiger partial charge in [-0.3, -0.25) is 0 Å². The molecule has 1 saturated heterocycles. The molecule has 2 heterocycles. The van der Waals surface area contributed by atoms with E-state index in [0.29, 0.717) is 14.6 Å². The summed E-state index contributed by atoms with van der Waals surface area (Å²) in [6, 6.07) is 6.61. The van der Waals surface area contributed by atoms with E-state index < -0.39 is 0 Å². The highest BCUT2D eigenvalue weighted by atomic mass is 32.2. The van der Waals surface area contributed by atoms with Crippen LogP contribution in [-0.4, -0.2) is 24.4 Å². The fraction of sp³-hybridized carbons (Fsp3) is 0.476. The highest BCUT2D eigenvalue weighted by molar-refractivity contribution is 8.22. The van der Waals surface area contributed by atoms with E-state index in [9.17, 15) is 4.39 Å². The number of rotatable bonds is 1. The Labute approximate surface area is 162 Å². The lowest BCUT2D eigenvalue weighted by molar-refractivity contribution is 0.394. The molecule has 1 spiro atoms. The molecule has 2 nitrogen and oxygen atoms in total. The van der Waals surface area contributed by atoms with Crippen LogP contribution in [0, 0.1) is 11.2 Å². The Morgan fingerprint density at radius 3 is 2.54 bits per heavy atom. The van der Waals surface area contributed by atoms with Gasteiger partial charge in [-0.15, -0.1) is 23.5 Å². The minimum Gasteiger partial charge on any atom is -0.233 e. The minimum atomic E-state index is -0.211. The molecule has 1 aromatic carbocycles. The number of aromatic nitrogens is 2. The summed E-state index contributed by atoms with van der Waals surface area (Å²) in [6.45, 7) is 7.22. The van der Waals surface area contributed by atoms with E-state index in [1.807, 2.05) is 10.9 Å². The number of nitrogens with zero attached hydrogens (tertiary/aromatic N) is 2. The lowest BCUT2D eigenvalue weighted by Gasteiger charge is -2.42. The third-order valence-corrected chi connectivity index (χ3v) is 10.9. The third kappa shape index (κ3) is 2.22. The molecular formula is C21H23FN2S2. The van der Waals surface area contributed by atoms with Crippen molar-refractivity contribution in [1.82, 2.24) is 9.78 Å². The van der Waals surface area contributed by atoms with Gasteiger partial charge in [-0.1, -0.05) is 26.3 Å². The average molecular weight is 387 g/mol. The predicted molar refractivity (Wildman–Crippen MR) is 109 cm³/mol. The summed E-state index contributed by atoms with van der Waals surface area (Å²) in [5.74, 6) is -0.211. The molecule has 5 rings (SSSR count). The first-order chi connectivity index (χ1) is 12.4. The van der Waals surface area contributed by atoms with Gasteiger partial charge in [0, 0.05) is 15.9 Å². The normalized spacial score (nSPS) is 35.5. The van der Waals surface area contributed by atoms with Crippen molar-refractivity contribution < 1.29 is 4.39 Å². The molecule has 26 heavy (non-hydrogen) atoms. The zero-order valence-electron chi connectivity index (χ0n) is 15.3. The monoisotopic (exact) mass is 386 g/mol. The van der Waals surface area contributed by atoms with Crippen LogP contribution < -0.4 is 0 Å².